The number of carbonyl (C=O) groups is 1. The van der Waals surface area contributed by atoms with Gasteiger partial charge >= 0.3 is 6.09 Å². The van der Waals surface area contributed by atoms with Crippen LogP contribution in [0.15, 0.2) is 0 Å². The Balaban J connectivity index is 2.15. The summed E-state index contributed by atoms with van der Waals surface area (Å²) >= 11 is 0. The van der Waals surface area contributed by atoms with Crippen molar-refractivity contribution in [3.63, 3.8) is 0 Å². The van der Waals surface area contributed by atoms with Crippen LogP contribution in [0.5, 0.6) is 0 Å². The van der Waals surface area contributed by atoms with Gasteiger partial charge in [-0.15, -0.1) is 0 Å². The molecule has 6 N–H and O–H groups in total. The van der Waals surface area contributed by atoms with Crippen molar-refractivity contribution >= 4 is 16.2 Å². The molecule has 0 saturated carbocycles. The second kappa shape index (κ2) is 10.9. The highest BCUT2D eigenvalue weighted by molar-refractivity contribution is 7.85. The summed E-state index contributed by atoms with van der Waals surface area (Å²) in [6.45, 7) is -0.591. The monoisotopic (exact) mass is 403 g/mol. The summed E-state index contributed by atoms with van der Waals surface area (Å²) in [6.07, 6.45) is -7.32. The van der Waals surface area contributed by atoms with Gasteiger partial charge < -0.3 is 40.0 Å². The highest BCUT2D eigenvalue weighted by Crippen LogP contribution is 2.21. The van der Waals surface area contributed by atoms with Crippen molar-refractivity contribution < 1.29 is 52.4 Å². The Bertz CT molecular complexity index is 526. The van der Waals surface area contributed by atoms with Crippen LogP contribution in [-0.4, -0.2) is 102 Å². The number of aliphatic hydroxyl groups is 4. The second-order valence-electron chi connectivity index (χ2n) is 5.62. The van der Waals surface area contributed by atoms with Gasteiger partial charge in [-0.3, -0.25) is 4.55 Å². The van der Waals surface area contributed by atoms with Crippen molar-refractivity contribution in [1.29, 1.82) is 0 Å². The van der Waals surface area contributed by atoms with Crippen LogP contribution in [0.2, 0.25) is 0 Å². The molecule has 1 heterocycles. The number of hydrogen-bond donors (Lipinski definition) is 6. The van der Waals surface area contributed by atoms with Crippen LogP contribution < -0.4 is 5.32 Å². The third kappa shape index (κ3) is 8.09. The molecule has 13 heteroatoms. The minimum absolute atomic E-state index is 0.00126. The fourth-order valence-electron chi connectivity index (χ4n) is 2.12. The summed E-state index contributed by atoms with van der Waals surface area (Å²) in [6, 6.07) is 0. The molecule has 0 aromatic rings. The summed E-state index contributed by atoms with van der Waals surface area (Å²) in [5.74, 6) is -0.472. The smallest absolute Gasteiger partial charge is 0.407 e. The Morgan fingerprint density at radius 3 is 2.38 bits per heavy atom. The maximum atomic E-state index is 11.3. The molecule has 0 bridgehead atoms. The Morgan fingerprint density at radius 2 is 1.77 bits per heavy atom. The van der Waals surface area contributed by atoms with E-state index >= 15 is 0 Å². The van der Waals surface area contributed by atoms with E-state index in [1.165, 1.54) is 0 Å². The van der Waals surface area contributed by atoms with Crippen molar-refractivity contribution in [1.82, 2.24) is 5.32 Å². The molecule has 1 saturated heterocycles. The molecule has 5 atom stereocenters. The van der Waals surface area contributed by atoms with Gasteiger partial charge in [-0.05, 0) is 6.42 Å². The maximum absolute atomic E-state index is 11.3. The Morgan fingerprint density at radius 1 is 1.08 bits per heavy atom. The molecule has 0 aromatic carbocycles. The van der Waals surface area contributed by atoms with Gasteiger partial charge in [0.15, 0.2) is 6.29 Å². The molecule has 1 aliphatic rings. The van der Waals surface area contributed by atoms with Gasteiger partial charge in [-0.2, -0.15) is 8.42 Å². The molecule has 0 spiro atoms. The molecule has 0 radical (unpaired) electrons. The minimum Gasteiger partial charge on any atom is -0.449 e. The lowest BCUT2D eigenvalue weighted by atomic mass is 9.99. The van der Waals surface area contributed by atoms with Crippen LogP contribution in [0.1, 0.15) is 12.8 Å². The predicted octanol–water partition coefficient (Wildman–Crippen LogP) is -2.80. The first-order valence-corrected chi connectivity index (χ1v) is 9.54. The zero-order valence-electron chi connectivity index (χ0n) is 13.9. The normalized spacial score (nSPS) is 29.3. The molecule has 2 unspecified atom stereocenters. The van der Waals surface area contributed by atoms with Crippen LogP contribution in [0.4, 0.5) is 4.79 Å². The molecule has 0 aromatic heterocycles. The molecule has 1 rings (SSSR count). The number of amides is 1. The summed E-state index contributed by atoms with van der Waals surface area (Å²) in [5, 5.41) is 40.3. The van der Waals surface area contributed by atoms with Crippen LogP contribution in [0.25, 0.3) is 0 Å². The number of ether oxygens (including phenoxy) is 3. The Hall–Kier alpha value is -1.06. The van der Waals surface area contributed by atoms with Gasteiger partial charge in [0.2, 0.25) is 0 Å². The van der Waals surface area contributed by atoms with Crippen molar-refractivity contribution in [2.24, 2.45) is 0 Å². The van der Waals surface area contributed by atoms with Crippen molar-refractivity contribution in [3.05, 3.63) is 0 Å². The average Bonchev–Trinajstić information content (AvgIpc) is 2.57. The van der Waals surface area contributed by atoms with Gasteiger partial charge in [-0.25, -0.2) is 4.79 Å². The standard InChI is InChI=1S/C13H25NO11S/c15-7-8-9(16)10(17)11(18)12(25-8)23-4-2-5-24-13(19)14-3-1-6-26(20,21)22/h8-12,15-18H,1-7H2,(H,14,19)(H,20,21,22)/t8?,9-,10+,11?,12-/m1/s1. The van der Waals surface area contributed by atoms with E-state index in [2.05, 4.69) is 5.32 Å². The fourth-order valence-corrected chi connectivity index (χ4v) is 2.63. The van der Waals surface area contributed by atoms with Crippen LogP contribution >= 0.6 is 0 Å². The molecule has 0 aliphatic carbocycles. The highest BCUT2D eigenvalue weighted by atomic mass is 32.2. The number of aliphatic hydroxyl groups excluding tert-OH is 4. The average molecular weight is 403 g/mol. The zero-order chi connectivity index (χ0) is 19.7. The van der Waals surface area contributed by atoms with E-state index in [0.717, 1.165) is 0 Å². The Labute approximate surface area is 150 Å². The number of alkyl carbamates (subject to hydrolysis) is 1. The van der Waals surface area contributed by atoms with Gasteiger partial charge in [0, 0.05) is 13.0 Å². The number of nitrogens with one attached hydrogen (secondary N) is 1. The van der Waals surface area contributed by atoms with Crippen LogP contribution in [0, 0.1) is 0 Å². The van der Waals surface area contributed by atoms with E-state index in [1.807, 2.05) is 0 Å². The number of carbonyl (C=O) groups excluding carboxylic acids is 1. The summed E-state index contributed by atoms with van der Waals surface area (Å²) in [4.78, 5) is 11.3. The zero-order valence-corrected chi connectivity index (χ0v) is 14.7. The summed E-state index contributed by atoms with van der Waals surface area (Å²) < 4.78 is 44.6. The van der Waals surface area contributed by atoms with E-state index in [4.69, 9.17) is 23.9 Å². The molecule has 154 valence electrons. The van der Waals surface area contributed by atoms with Crippen molar-refractivity contribution in [3.8, 4) is 0 Å². The predicted molar refractivity (Wildman–Crippen MR) is 84.7 cm³/mol. The van der Waals surface area contributed by atoms with E-state index in [1.54, 1.807) is 0 Å². The fraction of sp³-hybridized carbons (Fsp3) is 0.923. The second-order valence-corrected chi connectivity index (χ2v) is 7.20. The third-order valence-electron chi connectivity index (χ3n) is 3.50. The quantitative estimate of drug-likeness (QED) is 0.163. The number of hydrogen-bond acceptors (Lipinski definition) is 10. The highest BCUT2D eigenvalue weighted by Gasteiger charge is 2.43. The number of rotatable bonds is 10. The first-order valence-electron chi connectivity index (χ1n) is 7.93. The SMILES string of the molecule is O=C(NCCCS(=O)(=O)O)OCCCO[C@@H]1OC(CO)[C@@H](O)[C@H](O)C1O. The van der Waals surface area contributed by atoms with Crippen LogP contribution in [0.3, 0.4) is 0 Å². The Kier molecular flexibility index (Phi) is 9.67. The molecule has 1 aliphatic heterocycles. The lowest BCUT2D eigenvalue weighted by molar-refractivity contribution is -0.301. The van der Waals surface area contributed by atoms with Crippen molar-refractivity contribution in [2.45, 2.75) is 43.5 Å². The van der Waals surface area contributed by atoms with Gasteiger partial charge in [0.05, 0.1) is 25.6 Å². The summed E-state index contributed by atoms with van der Waals surface area (Å²) in [7, 11) is -4.07. The summed E-state index contributed by atoms with van der Waals surface area (Å²) in [5.41, 5.74) is 0. The first-order chi connectivity index (χ1) is 12.2. The molecular formula is C13H25NO11S. The van der Waals surface area contributed by atoms with E-state index in [-0.39, 0.29) is 32.6 Å². The maximum Gasteiger partial charge on any atom is 0.407 e. The molecule has 12 nitrogen and oxygen atoms in total. The third-order valence-corrected chi connectivity index (χ3v) is 4.31. The largest absolute Gasteiger partial charge is 0.449 e. The molecule has 1 fully saturated rings. The molecule has 1 amide bonds. The van der Waals surface area contributed by atoms with Gasteiger partial charge in [0.1, 0.15) is 24.4 Å². The topological polar surface area (TPSA) is 192 Å². The van der Waals surface area contributed by atoms with Crippen LogP contribution in [-0.2, 0) is 24.3 Å². The molecular weight excluding hydrogens is 378 g/mol. The lowest BCUT2D eigenvalue weighted by Gasteiger charge is -2.39. The van der Waals surface area contributed by atoms with E-state index in [0.29, 0.717) is 0 Å². The molecule has 26 heavy (non-hydrogen) atoms. The van der Waals surface area contributed by atoms with E-state index in [9.17, 15) is 28.5 Å². The van der Waals surface area contributed by atoms with E-state index < -0.39 is 59.3 Å². The minimum atomic E-state index is -4.07. The first kappa shape index (κ1) is 23.0. The lowest BCUT2D eigenvalue weighted by Crippen LogP contribution is -2.59. The van der Waals surface area contributed by atoms with Crippen molar-refractivity contribution in [2.75, 3.05) is 32.1 Å². The van der Waals surface area contributed by atoms with Gasteiger partial charge in [-0.1, -0.05) is 0 Å². The van der Waals surface area contributed by atoms with Gasteiger partial charge in [0.25, 0.3) is 10.1 Å².